The molecule has 0 saturated carbocycles. The maximum atomic E-state index is 9.28. The first-order chi connectivity index (χ1) is 7.00. The topological polar surface area (TPSA) is 20.2 Å². The molecule has 0 bridgehead atoms. The van der Waals surface area contributed by atoms with E-state index in [9.17, 15) is 5.11 Å². The van der Waals surface area contributed by atoms with Gasteiger partial charge in [-0.3, -0.25) is 0 Å². The molecule has 0 fully saturated rings. The van der Waals surface area contributed by atoms with Crippen LogP contribution in [0.3, 0.4) is 0 Å². The van der Waals surface area contributed by atoms with Gasteiger partial charge in [0.15, 0.2) is 0 Å². The molecule has 3 atom stereocenters. The molecule has 0 aromatic rings. The first kappa shape index (κ1) is 12.5. The number of allylic oxidation sites excluding steroid dienone is 1. The van der Waals surface area contributed by atoms with Gasteiger partial charge in [0.05, 0.1) is 6.10 Å². The highest BCUT2D eigenvalue weighted by Gasteiger charge is 2.18. The summed E-state index contributed by atoms with van der Waals surface area (Å²) in [6.07, 6.45) is 4.29. The van der Waals surface area contributed by atoms with Gasteiger partial charge in [-0.05, 0) is 62.5 Å². The molecule has 1 N–H and O–H groups in total. The lowest BCUT2D eigenvalue weighted by Gasteiger charge is -2.24. The Morgan fingerprint density at radius 2 is 2.07 bits per heavy atom. The van der Waals surface area contributed by atoms with Crippen LogP contribution in [0, 0.1) is 11.8 Å². The van der Waals surface area contributed by atoms with Crippen LogP contribution in [0.5, 0.6) is 0 Å². The zero-order valence-corrected chi connectivity index (χ0v) is 10.5. The Labute approximate surface area is 93.9 Å². The molecule has 86 valence electrons. The van der Waals surface area contributed by atoms with Gasteiger partial charge in [0.1, 0.15) is 0 Å². The van der Waals surface area contributed by atoms with Crippen molar-refractivity contribution < 1.29 is 5.11 Å². The average molecular weight is 208 g/mol. The van der Waals surface area contributed by atoms with Crippen LogP contribution in [-0.2, 0) is 0 Å². The molecule has 1 aliphatic carbocycles. The van der Waals surface area contributed by atoms with Crippen molar-refractivity contribution in [2.45, 2.75) is 59.5 Å². The minimum Gasteiger partial charge on any atom is -0.393 e. The highest BCUT2D eigenvalue weighted by atomic mass is 16.3. The Kier molecular flexibility index (Phi) is 4.63. The second-order valence-electron chi connectivity index (χ2n) is 5.13. The second kappa shape index (κ2) is 5.53. The van der Waals surface area contributed by atoms with Gasteiger partial charge in [-0.15, -0.1) is 5.73 Å². The zero-order chi connectivity index (χ0) is 11.4. The van der Waals surface area contributed by atoms with Crippen LogP contribution in [0.2, 0.25) is 0 Å². The number of aliphatic hydroxyl groups is 1. The van der Waals surface area contributed by atoms with E-state index in [1.807, 2.05) is 6.92 Å². The van der Waals surface area contributed by atoms with Crippen molar-refractivity contribution in [3.8, 4) is 0 Å². The summed E-state index contributed by atoms with van der Waals surface area (Å²) in [6, 6.07) is 0. The molecule has 15 heavy (non-hydrogen) atoms. The molecule has 0 radical (unpaired) electrons. The molecule has 0 aromatic heterocycles. The molecule has 0 spiro atoms. The summed E-state index contributed by atoms with van der Waals surface area (Å²) in [5.41, 5.74) is 6.41. The Morgan fingerprint density at radius 3 is 2.67 bits per heavy atom. The summed E-state index contributed by atoms with van der Waals surface area (Å²) in [5.74, 6) is 1.25. The average Bonchev–Trinajstić information content (AvgIpc) is 2.18. The van der Waals surface area contributed by atoms with Crippen LogP contribution in [0.15, 0.2) is 16.9 Å². The van der Waals surface area contributed by atoms with Crippen LogP contribution in [0.1, 0.15) is 53.4 Å². The molecule has 1 rings (SSSR count). The Hall–Kier alpha value is -0.520. The van der Waals surface area contributed by atoms with Crippen molar-refractivity contribution in [2.24, 2.45) is 11.8 Å². The van der Waals surface area contributed by atoms with Gasteiger partial charge in [0.25, 0.3) is 0 Å². The molecule has 0 heterocycles. The molecule has 0 amide bonds. The number of hydrogen-bond acceptors (Lipinski definition) is 1. The molecule has 0 aromatic carbocycles. The lowest BCUT2D eigenvalue weighted by Crippen LogP contribution is -2.13. The van der Waals surface area contributed by atoms with Gasteiger partial charge in [-0.2, -0.15) is 0 Å². The van der Waals surface area contributed by atoms with Gasteiger partial charge >= 0.3 is 0 Å². The van der Waals surface area contributed by atoms with Crippen LogP contribution < -0.4 is 0 Å². The molecule has 3 unspecified atom stereocenters. The first-order valence-corrected chi connectivity index (χ1v) is 6.15. The van der Waals surface area contributed by atoms with E-state index in [0.717, 1.165) is 12.8 Å². The molecule has 0 saturated heterocycles. The molecule has 1 aliphatic rings. The maximum Gasteiger partial charge on any atom is 0.0512 e. The van der Waals surface area contributed by atoms with Crippen molar-refractivity contribution in [1.82, 2.24) is 0 Å². The van der Waals surface area contributed by atoms with E-state index < -0.39 is 0 Å². The fourth-order valence-corrected chi connectivity index (χ4v) is 2.28. The summed E-state index contributed by atoms with van der Waals surface area (Å²) in [6.45, 7) is 8.60. The highest BCUT2D eigenvalue weighted by Crippen LogP contribution is 2.31. The monoisotopic (exact) mass is 208 g/mol. The summed E-state index contributed by atoms with van der Waals surface area (Å²) < 4.78 is 0. The Balaban J connectivity index is 2.65. The lowest BCUT2D eigenvalue weighted by atomic mass is 9.81. The van der Waals surface area contributed by atoms with Crippen molar-refractivity contribution >= 4 is 0 Å². The largest absolute Gasteiger partial charge is 0.393 e. The number of hydrogen-bond donors (Lipinski definition) is 1. The second-order valence-corrected chi connectivity index (χ2v) is 5.13. The van der Waals surface area contributed by atoms with E-state index >= 15 is 0 Å². The maximum absolute atomic E-state index is 9.28. The molecular weight excluding hydrogens is 184 g/mol. The first-order valence-electron chi connectivity index (χ1n) is 6.15. The van der Waals surface area contributed by atoms with E-state index in [4.69, 9.17) is 0 Å². The Bertz CT molecular complexity index is 269. The summed E-state index contributed by atoms with van der Waals surface area (Å²) in [5, 5.41) is 9.28. The number of rotatable bonds is 4. The van der Waals surface area contributed by atoms with Crippen molar-refractivity contribution in [3.05, 3.63) is 16.9 Å². The smallest absolute Gasteiger partial charge is 0.0512 e. The number of aliphatic hydroxyl groups excluding tert-OH is 1. The van der Waals surface area contributed by atoms with Gasteiger partial charge in [-0.1, -0.05) is 13.8 Å². The van der Waals surface area contributed by atoms with Gasteiger partial charge in [0.2, 0.25) is 0 Å². The summed E-state index contributed by atoms with van der Waals surface area (Å²) in [4.78, 5) is 0. The van der Waals surface area contributed by atoms with Gasteiger partial charge < -0.3 is 5.11 Å². The molecule has 0 aliphatic heterocycles. The van der Waals surface area contributed by atoms with Crippen molar-refractivity contribution in [1.29, 1.82) is 0 Å². The van der Waals surface area contributed by atoms with E-state index in [1.165, 1.54) is 24.0 Å². The van der Waals surface area contributed by atoms with Crippen molar-refractivity contribution in [3.63, 3.8) is 0 Å². The normalized spacial score (nSPS) is 25.5. The van der Waals surface area contributed by atoms with E-state index in [-0.39, 0.29) is 6.10 Å². The predicted octanol–water partition coefficient (Wildman–Crippen LogP) is 3.69. The summed E-state index contributed by atoms with van der Waals surface area (Å²) in [7, 11) is 0. The van der Waals surface area contributed by atoms with E-state index in [2.05, 4.69) is 26.5 Å². The van der Waals surface area contributed by atoms with Crippen LogP contribution in [0.25, 0.3) is 0 Å². The fraction of sp³-hybridized carbons (Fsp3) is 0.786. The minimum atomic E-state index is -0.169. The Morgan fingerprint density at radius 1 is 1.40 bits per heavy atom. The van der Waals surface area contributed by atoms with Crippen LogP contribution in [-0.4, -0.2) is 11.2 Å². The quantitative estimate of drug-likeness (QED) is 0.699. The van der Waals surface area contributed by atoms with Crippen LogP contribution in [0.4, 0.5) is 0 Å². The SMILES string of the molecule is CC1=C=C(C(C)CCC(C)O)C(C)CC1. The third-order valence-corrected chi connectivity index (χ3v) is 3.39. The summed E-state index contributed by atoms with van der Waals surface area (Å²) >= 11 is 0. The molecular formula is C14H24O. The minimum absolute atomic E-state index is 0.169. The lowest BCUT2D eigenvalue weighted by molar-refractivity contribution is 0.176. The third kappa shape index (κ3) is 3.85. The van der Waals surface area contributed by atoms with E-state index in [0.29, 0.717) is 11.8 Å². The van der Waals surface area contributed by atoms with E-state index in [1.54, 1.807) is 0 Å². The highest BCUT2D eigenvalue weighted by molar-refractivity contribution is 5.17. The third-order valence-electron chi connectivity index (χ3n) is 3.39. The van der Waals surface area contributed by atoms with Gasteiger partial charge in [-0.25, -0.2) is 0 Å². The predicted molar refractivity (Wildman–Crippen MR) is 64.7 cm³/mol. The zero-order valence-electron chi connectivity index (χ0n) is 10.5. The van der Waals surface area contributed by atoms with Gasteiger partial charge in [0, 0.05) is 0 Å². The molecule has 1 nitrogen and oxygen atoms in total. The van der Waals surface area contributed by atoms with Crippen molar-refractivity contribution in [2.75, 3.05) is 0 Å². The molecule has 1 heteroatoms. The standard InChI is InChI=1S/C14H24O/c1-10-5-6-11(2)14(9-10)12(3)7-8-13(4)15/h11-13,15H,5-8H2,1-4H3. The fourth-order valence-electron chi connectivity index (χ4n) is 2.28. The van der Waals surface area contributed by atoms with Crippen LogP contribution >= 0.6 is 0 Å².